The zero-order chi connectivity index (χ0) is 20.2. The molecule has 1 N–H and O–H groups in total. The van der Waals surface area contributed by atoms with Gasteiger partial charge in [-0.25, -0.2) is 14.8 Å². The standard InChI is InChI=1S/C21H21N7O/c1-2-3-10-27-18-19(26-11-8-23-9-12-26)24-15-25-20(18)28(21(27)29)14-17-6-4-16(13-22)5-7-17/h4-7,15,23H,8-12,14H2,1H3. The minimum Gasteiger partial charge on any atom is -0.352 e. The van der Waals surface area contributed by atoms with E-state index in [1.807, 2.05) is 12.1 Å². The number of rotatable bonds is 4. The third-order valence-corrected chi connectivity index (χ3v) is 5.03. The second-order valence-electron chi connectivity index (χ2n) is 6.80. The molecule has 1 aromatic carbocycles. The number of hydrogen-bond acceptors (Lipinski definition) is 6. The average Bonchev–Trinajstić information content (AvgIpc) is 3.04. The summed E-state index contributed by atoms with van der Waals surface area (Å²) in [7, 11) is 0. The zero-order valence-electron chi connectivity index (χ0n) is 16.2. The van der Waals surface area contributed by atoms with Crippen LogP contribution < -0.4 is 15.9 Å². The lowest BCUT2D eigenvalue weighted by molar-refractivity contribution is 0.585. The van der Waals surface area contributed by atoms with Crippen LogP contribution in [0.15, 0.2) is 35.4 Å². The Morgan fingerprint density at radius 1 is 1.14 bits per heavy atom. The molecule has 4 rings (SSSR count). The lowest BCUT2D eigenvalue weighted by atomic mass is 10.1. The molecule has 0 amide bonds. The fourth-order valence-electron chi connectivity index (χ4n) is 3.55. The van der Waals surface area contributed by atoms with Gasteiger partial charge in [0, 0.05) is 26.2 Å². The Bertz CT molecular complexity index is 1180. The van der Waals surface area contributed by atoms with E-state index < -0.39 is 0 Å². The van der Waals surface area contributed by atoms with Gasteiger partial charge in [-0.15, -0.1) is 5.92 Å². The second-order valence-corrected chi connectivity index (χ2v) is 6.80. The number of hydrogen-bond donors (Lipinski definition) is 1. The van der Waals surface area contributed by atoms with Crippen LogP contribution in [0.25, 0.3) is 11.2 Å². The minimum absolute atomic E-state index is 0.163. The molecular formula is C21H21N7O. The van der Waals surface area contributed by atoms with E-state index in [0.29, 0.717) is 24.3 Å². The summed E-state index contributed by atoms with van der Waals surface area (Å²) in [6, 6.07) is 9.34. The quantitative estimate of drug-likeness (QED) is 0.670. The van der Waals surface area contributed by atoms with Gasteiger partial charge in [0.25, 0.3) is 0 Å². The Labute approximate surface area is 168 Å². The van der Waals surface area contributed by atoms with Gasteiger partial charge in [0.2, 0.25) is 0 Å². The highest BCUT2D eigenvalue weighted by Gasteiger charge is 2.22. The Morgan fingerprint density at radius 2 is 1.90 bits per heavy atom. The molecule has 29 heavy (non-hydrogen) atoms. The Morgan fingerprint density at radius 3 is 2.59 bits per heavy atom. The normalized spacial score (nSPS) is 13.7. The van der Waals surface area contributed by atoms with Gasteiger partial charge < -0.3 is 10.2 Å². The maximum Gasteiger partial charge on any atom is 0.331 e. The van der Waals surface area contributed by atoms with Gasteiger partial charge in [0.05, 0.1) is 24.7 Å². The Balaban J connectivity index is 1.85. The lowest BCUT2D eigenvalue weighted by Gasteiger charge is -2.28. The van der Waals surface area contributed by atoms with E-state index in [1.165, 1.54) is 6.33 Å². The number of benzene rings is 1. The summed E-state index contributed by atoms with van der Waals surface area (Å²) in [5.74, 6) is 6.63. The van der Waals surface area contributed by atoms with Crippen molar-refractivity contribution in [2.75, 3.05) is 31.1 Å². The summed E-state index contributed by atoms with van der Waals surface area (Å²) in [4.78, 5) is 24.4. The highest BCUT2D eigenvalue weighted by atomic mass is 16.1. The molecule has 0 spiro atoms. The predicted octanol–water partition coefficient (Wildman–Crippen LogP) is 0.946. The number of nitrogens with zero attached hydrogens (tertiary/aromatic N) is 6. The molecule has 0 aliphatic carbocycles. The second kappa shape index (κ2) is 8.17. The summed E-state index contributed by atoms with van der Waals surface area (Å²) in [6.07, 6.45) is 1.52. The smallest absolute Gasteiger partial charge is 0.331 e. The summed E-state index contributed by atoms with van der Waals surface area (Å²) >= 11 is 0. The maximum absolute atomic E-state index is 13.3. The molecule has 1 aliphatic rings. The number of anilines is 1. The van der Waals surface area contributed by atoms with Gasteiger partial charge in [-0.1, -0.05) is 18.1 Å². The van der Waals surface area contributed by atoms with Crippen molar-refractivity contribution in [2.24, 2.45) is 0 Å². The molecule has 8 nitrogen and oxygen atoms in total. The lowest BCUT2D eigenvalue weighted by Crippen LogP contribution is -2.44. The number of piperazine rings is 1. The average molecular weight is 387 g/mol. The topological polar surface area (TPSA) is 91.8 Å². The SMILES string of the molecule is CC#CCn1c(=O)n(Cc2ccc(C#N)cc2)c2ncnc(N3CCNCC3)c21. The van der Waals surface area contributed by atoms with Crippen molar-refractivity contribution in [3.63, 3.8) is 0 Å². The van der Waals surface area contributed by atoms with Gasteiger partial charge in [-0.05, 0) is 24.6 Å². The third kappa shape index (κ3) is 3.58. The molecule has 1 fully saturated rings. The van der Waals surface area contributed by atoms with Crippen molar-refractivity contribution in [1.29, 1.82) is 5.26 Å². The van der Waals surface area contributed by atoms with Crippen LogP contribution in [0.4, 0.5) is 5.82 Å². The first-order valence-electron chi connectivity index (χ1n) is 9.51. The Kier molecular flexibility index (Phi) is 5.28. The molecule has 8 heteroatoms. The molecule has 0 atom stereocenters. The molecule has 1 saturated heterocycles. The van der Waals surface area contributed by atoms with Crippen LogP contribution in [0, 0.1) is 23.2 Å². The van der Waals surface area contributed by atoms with E-state index in [1.54, 1.807) is 28.2 Å². The first-order chi connectivity index (χ1) is 14.2. The molecule has 2 aromatic heterocycles. The van der Waals surface area contributed by atoms with E-state index in [9.17, 15) is 4.79 Å². The third-order valence-electron chi connectivity index (χ3n) is 5.03. The number of fused-ring (bicyclic) bond motifs is 1. The van der Waals surface area contributed by atoms with E-state index in [2.05, 4.69) is 38.1 Å². The predicted molar refractivity (Wildman–Crippen MR) is 111 cm³/mol. The summed E-state index contributed by atoms with van der Waals surface area (Å²) in [6.45, 7) is 5.80. The number of nitriles is 1. The van der Waals surface area contributed by atoms with Gasteiger partial charge in [-0.2, -0.15) is 5.26 Å². The summed E-state index contributed by atoms with van der Waals surface area (Å²) in [5.41, 5.74) is 2.67. The van der Waals surface area contributed by atoms with Crippen LogP contribution in [0.2, 0.25) is 0 Å². The van der Waals surface area contributed by atoms with E-state index >= 15 is 0 Å². The maximum atomic E-state index is 13.3. The zero-order valence-corrected chi connectivity index (χ0v) is 16.2. The van der Waals surface area contributed by atoms with Gasteiger partial charge in [0.15, 0.2) is 11.5 Å². The minimum atomic E-state index is -0.163. The molecule has 146 valence electrons. The van der Waals surface area contributed by atoms with Crippen molar-refractivity contribution in [2.45, 2.75) is 20.0 Å². The van der Waals surface area contributed by atoms with E-state index in [4.69, 9.17) is 5.26 Å². The van der Waals surface area contributed by atoms with E-state index in [-0.39, 0.29) is 5.69 Å². The van der Waals surface area contributed by atoms with Crippen molar-refractivity contribution in [3.8, 4) is 17.9 Å². The number of imidazole rings is 1. The summed E-state index contributed by atoms with van der Waals surface area (Å²) < 4.78 is 3.31. The number of nitrogens with one attached hydrogen (secondary N) is 1. The largest absolute Gasteiger partial charge is 0.352 e. The molecule has 3 aromatic rings. The van der Waals surface area contributed by atoms with Gasteiger partial charge in [-0.3, -0.25) is 9.13 Å². The summed E-state index contributed by atoms with van der Waals surface area (Å²) in [5, 5.41) is 12.3. The van der Waals surface area contributed by atoms with Crippen LogP contribution in [0.5, 0.6) is 0 Å². The van der Waals surface area contributed by atoms with Crippen LogP contribution >= 0.6 is 0 Å². The molecule has 0 saturated carbocycles. The molecule has 1 aliphatic heterocycles. The molecule has 3 heterocycles. The van der Waals surface area contributed by atoms with Crippen molar-refractivity contribution >= 4 is 17.0 Å². The highest BCUT2D eigenvalue weighted by molar-refractivity contribution is 5.84. The molecule has 0 unspecified atom stereocenters. The van der Waals surface area contributed by atoms with E-state index in [0.717, 1.165) is 43.1 Å². The molecule has 0 radical (unpaired) electrons. The van der Waals surface area contributed by atoms with Crippen LogP contribution in [-0.2, 0) is 13.1 Å². The fourth-order valence-corrected chi connectivity index (χ4v) is 3.55. The van der Waals surface area contributed by atoms with Gasteiger partial charge >= 0.3 is 5.69 Å². The first kappa shape index (κ1) is 18.7. The monoisotopic (exact) mass is 387 g/mol. The highest BCUT2D eigenvalue weighted by Crippen LogP contribution is 2.23. The van der Waals surface area contributed by atoms with Crippen LogP contribution in [-0.4, -0.2) is 45.3 Å². The first-order valence-corrected chi connectivity index (χ1v) is 9.51. The van der Waals surface area contributed by atoms with Gasteiger partial charge in [0.1, 0.15) is 11.8 Å². The van der Waals surface area contributed by atoms with Crippen molar-refractivity contribution < 1.29 is 0 Å². The van der Waals surface area contributed by atoms with Crippen molar-refractivity contribution in [1.82, 2.24) is 24.4 Å². The van der Waals surface area contributed by atoms with Crippen LogP contribution in [0.1, 0.15) is 18.1 Å². The number of aromatic nitrogens is 4. The fraction of sp³-hybridized carbons (Fsp3) is 0.333. The van der Waals surface area contributed by atoms with Crippen molar-refractivity contribution in [3.05, 3.63) is 52.2 Å². The molecule has 0 bridgehead atoms. The van der Waals surface area contributed by atoms with Crippen LogP contribution in [0.3, 0.4) is 0 Å². The Hall–Kier alpha value is -3.62. The molecular weight excluding hydrogens is 366 g/mol.